The molecule has 3 unspecified atom stereocenters. The van der Waals surface area contributed by atoms with Gasteiger partial charge in [-0.25, -0.2) is 9.13 Å². The number of carbonyl (C=O) groups excluding carboxylic acids is 4. The number of aliphatic hydroxyl groups excluding tert-OH is 1. The van der Waals surface area contributed by atoms with Crippen molar-refractivity contribution in [2.45, 2.75) is 464 Å². The van der Waals surface area contributed by atoms with Crippen LogP contribution in [0.4, 0.5) is 0 Å². The molecule has 103 heavy (non-hydrogen) atoms. The van der Waals surface area contributed by atoms with Crippen molar-refractivity contribution in [3.8, 4) is 0 Å². The summed E-state index contributed by atoms with van der Waals surface area (Å²) in [6.45, 7) is 9.68. The van der Waals surface area contributed by atoms with Gasteiger partial charge in [-0.15, -0.1) is 0 Å². The van der Waals surface area contributed by atoms with E-state index in [0.717, 1.165) is 102 Å². The molecule has 0 saturated heterocycles. The summed E-state index contributed by atoms with van der Waals surface area (Å²) < 4.78 is 68.8. The van der Waals surface area contributed by atoms with Crippen LogP contribution in [0.1, 0.15) is 446 Å². The van der Waals surface area contributed by atoms with Gasteiger partial charge in [-0.1, -0.05) is 395 Å². The van der Waals surface area contributed by atoms with Gasteiger partial charge in [0.05, 0.1) is 26.4 Å². The first-order chi connectivity index (χ1) is 49.9. The zero-order chi connectivity index (χ0) is 75.6. The van der Waals surface area contributed by atoms with Crippen molar-refractivity contribution >= 4 is 39.5 Å². The highest BCUT2D eigenvalue weighted by molar-refractivity contribution is 7.47. The lowest BCUT2D eigenvalue weighted by molar-refractivity contribution is -0.161. The van der Waals surface area contributed by atoms with Gasteiger partial charge in [-0.3, -0.25) is 37.3 Å². The molecule has 612 valence electrons. The monoisotopic (exact) mass is 1510 g/mol. The van der Waals surface area contributed by atoms with Crippen molar-refractivity contribution < 1.29 is 80.2 Å². The predicted molar refractivity (Wildman–Crippen MR) is 423 cm³/mol. The second-order valence-corrected chi connectivity index (χ2v) is 33.8. The third kappa shape index (κ3) is 76.6. The van der Waals surface area contributed by atoms with Crippen LogP contribution in [0, 0.1) is 11.8 Å². The molecule has 0 aliphatic heterocycles. The van der Waals surface area contributed by atoms with Gasteiger partial charge in [0.1, 0.15) is 19.3 Å². The number of phosphoric ester groups is 2. The van der Waals surface area contributed by atoms with E-state index in [9.17, 15) is 43.2 Å². The zero-order valence-corrected chi connectivity index (χ0v) is 69.4. The summed E-state index contributed by atoms with van der Waals surface area (Å²) in [5, 5.41) is 10.7. The van der Waals surface area contributed by atoms with Crippen molar-refractivity contribution in [3.05, 3.63) is 0 Å². The number of hydrogen-bond acceptors (Lipinski definition) is 15. The quantitative estimate of drug-likeness (QED) is 0.0222. The number of ether oxygens (including phenoxy) is 4. The summed E-state index contributed by atoms with van der Waals surface area (Å²) in [5.41, 5.74) is 0. The van der Waals surface area contributed by atoms with Gasteiger partial charge in [-0.2, -0.15) is 0 Å². The van der Waals surface area contributed by atoms with Crippen LogP contribution >= 0.6 is 15.6 Å². The predicted octanol–water partition coefficient (Wildman–Crippen LogP) is 25.5. The molecule has 0 rings (SSSR count). The van der Waals surface area contributed by atoms with E-state index >= 15 is 0 Å². The Bertz CT molecular complexity index is 1980. The van der Waals surface area contributed by atoms with E-state index in [1.54, 1.807) is 0 Å². The van der Waals surface area contributed by atoms with Crippen LogP contribution in [0.25, 0.3) is 0 Å². The Morgan fingerprint density at radius 3 is 0.738 bits per heavy atom. The van der Waals surface area contributed by atoms with Crippen molar-refractivity contribution in [2.24, 2.45) is 11.8 Å². The smallest absolute Gasteiger partial charge is 0.462 e. The lowest BCUT2D eigenvalue weighted by Crippen LogP contribution is -2.30. The van der Waals surface area contributed by atoms with Gasteiger partial charge in [0.2, 0.25) is 0 Å². The number of hydrogen-bond donors (Lipinski definition) is 3. The maximum Gasteiger partial charge on any atom is 0.472 e. The first-order valence-corrected chi connectivity index (χ1v) is 46.5. The Balaban J connectivity index is 5.23. The fourth-order valence-corrected chi connectivity index (χ4v) is 14.6. The maximum absolute atomic E-state index is 13.1. The fourth-order valence-electron chi connectivity index (χ4n) is 13.0. The zero-order valence-electron chi connectivity index (χ0n) is 67.6. The van der Waals surface area contributed by atoms with E-state index in [1.165, 1.54) is 263 Å². The second kappa shape index (κ2) is 75.5. The minimum Gasteiger partial charge on any atom is -0.462 e. The number of unbranched alkanes of at least 4 members (excludes halogenated alkanes) is 52. The minimum atomic E-state index is -4.96. The molecule has 0 saturated carbocycles. The lowest BCUT2D eigenvalue weighted by atomic mass is 9.99. The van der Waals surface area contributed by atoms with Crippen molar-refractivity contribution in [1.29, 1.82) is 0 Å². The lowest BCUT2D eigenvalue weighted by Gasteiger charge is -2.21. The van der Waals surface area contributed by atoms with E-state index in [4.69, 9.17) is 37.0 Å². The Hall–Kier alpha value is -1.94. The highest BCUT2D eigenvalue weighted by atomic mass is 31.2. The molecule has 17 nitrogen and oxygen atoms in total. The normalized spacial score (nSPS) is 14.1. The molecule has 0 amide bonds. The third-order valence-corrected chi connectivity index (χ3v) is 22.0. The summed E-state index contributed by atoms with van der Waals surface area (Å²) in [6, 6.07) is 0. The molecule has 3 N–H and O–H groups in total. The Labute approximate surface area is 632 Å². The molecule has 0 aromatic carbocycles. The topological polar surface area (TPSA) is 237 Å². The van der Waals surface area contributed by atoms with Crippen LogP contribution in [0.3, 0.4) is 0 Å². The highest BCUT2D eigenvalue weighted by Crippen LogP contribution is 2.45. The van der Waals surface area contributed by atoms with Gasteiger partial charge < -0.3 is 33.8 Å². The Morgan fingerprint density at radius 1 is 0.282 bits per heavy atom. The summed E-state index contributed by atoms with van der Waals surface area (Å²) in [7, 11) is -9.92. The minimum absolute atomic E-state index is 0.106. The van der Waals surface area contributed by atoms with Crippen molar-refractivity contribution in [1.82, 2.24) is 0 Å². The molecule has 0 aliphatic rings. The van der Waals surface area contributed by atoms with Gasteiger partial charge in [0.25, 0.3) is 0 Å². The first-order valence-electron chi connectivity index (χ1n) is 43.5. The van der Waals surface area contributed by atoms with Crippen LogP contribution in [0.5, 0.6) is 0 Å². The van der Waals surface area contributed by atoms with Gasteiger partial charge in [-0.05, 0) is 37.5 Å². The summed E-state index contributed by atoms with van der Waals surface area (Å²) in [4.78, 5) is 73.1. The average Bonchev–Trinajstić information content (AvgIpc) is 0.909. The highest BCUT2D eigenvalue weighted by Gasteiger charge is 2.30. The average molecular weight is 1510 g/mol. The van der Waals surface area contributed by atoms with Crippen molar-refractivity contribution in [3.63, 3.8) is 0 Å². The second-order valence-electron chi connectivity index (χ2n) is 30.9. The number of rotatable bonds is 83. The van der Waals surface area contributed by atoms with E-state index in [0.29, 0.717) is 25.7 Å². The molecule has 0 aliphatic carbocycles. The number of esters is 4. The number of aliphatic hydroxyl groups is 1. The summed E-state index contributed by atoms with van der Waals surface area (Å²) in [6.07, 6.45) is 66.6. The Kier molecular flexibility index (Phi) is 74.1. The van der Waals surface area contributed by atoms with E-state index < -0.39 is 97.5 Å². The first kappa shape index (κ1) is 101. The number of phosphoric acid groups is 2. The van der Waals surface area contributed by atoms with Gasteiger partial charge >= 0.3 is 39.5 Å². The molecule has 0 fully saturated rings. The molecular weight excluding hydrogens is 1340 g/mol. The Morgan fingerprint density at radius 2 is 0.495 bits per heavy atom. The molecular formula is C84H164O17P2. The maximum atomic E-state index is 13.1. The van der Waals surface area contributed by atoms with E-state index in [-0.39, 0.29) is 25.7 Å². The molecule has 19 heteroatoms. The molecule has 0 radical (unpaired) electrons. The standard InChI is InChI=1S/C84H164O17P2/c1-7-10-12-14-16-18-20-22-23-24-25-26-27-28-29-34-38-44-50-56-62-68-83(88)100-79(72-95-82(87)67-61-55-49-43-37-33-31-30-32-35-41-47-53-59-65-77(6)9-3)74-98-102(90,91)96-70-78(85)71-97-103(92,93)99-75-80(101-84(89)69-63-57-51-45-39-40-46-52-58-64-76(4)5)73-94-81(86)66-60-54-48-42-36-21-19-17-15-13-11-8-2/h76-80,85H,7-75H2,1-6H3,(H,90,91)(H,92,93)/t77?,78-,79-,80-/m1/s1. The third-order valence-electron chi connectivity index (χ3n) is 20.1. The molecule has 0 heterocycles. The van der Waals surface area contributed by atoms with Gasteiger partial charge in [0.15, 0.2) is 12.2 Å². The van der Waals surface area contributed by atoms with E-state index in [2.05, 4.69) is 41.5 Å². The molecule has 0 aromatic rings. The summed E-state index contributed by atoms with van der Waals surface area (Å²) in [5.74, 6) is -0.519. The molecule has 6 atom stereocenters. The van der Waals surface area contributed by atoms with Crippen LogP contribution in [-0.4, -0.2) is 96.7 Å². The largest absolute Gasteiger partial charge is 0.472 e. The molecule has 0 spiro atoms. The van der Waals surface area contributed by atoms with Crippen molar-refractivity contribution in [2.75, 3.05) is 39.6 Å². The van der Waals surface area contributed by atoms with E-state index in [1.807, 2.05) is 0 Å². The molecule has 0 bridgehead atoms. The van der Waals surface area contributed by atoms with Crippen LogP contribution < -0.4 is 0 Å². The number of carbonyl (C=O) groups is 4. The fraction of sp³-hybridized carbons (Fsp3) is 0.952. The van der Waals surface area contributed by atoms with Crippen LogP contribution in [0.15, 0.2) is 0 Å². The van der Waals surface area contributed by atoms with Crippen LogP contribution in [0.2, 0.25) is 0 Å². The summed E-state index contributed by atoms with van der Waals surface area (Å²) >= 11 is 0. The molecule has 0 aromatic heterocycles. The van der Waals surface area contributed by atoms with Gasteiger partial charge in [0, 0.05) is 25.7 Å². The SMILES string of the molecule is CCCCCCCCCCCCCCCCCCCCCCCC(=O)O[C@H](COC(=O)CCCCCCCCCCCCCCCCC(C)CC)COP(=O)(O)OC[C@@H](O)COP(=O)(O)OC[C@@H](COC(=O)CCCCCCCCCCCCCC)OC(=O)CCCCCCCCCCCC(C)C. The van der Waals surface area contributed by atoms with Crippen LogP contribution in [-0.2, 0) is 65.4 Å².